The molecule has 1 heterocycles. The first-order chi connectivity index (χ1) is 12.3. The zero-order valence-electron chi connectivity index (χ0n) is 15.2. The second kappa shape index (κ2) is 7.08. The molecule has 1 aliphatic heterocycles. The van der Waals surface area contributed by atoms with Crippen molar-refractivity contribution in [2.24, 2.45) is 0 Å². The molecule has 3 rings (SSSR count). The maximum Gasteiger partial charge on any atom is 0.272 e. The number of aryl methyl sites for hydroxylation is 2. The van der Waals surface area contributed by atoms with E-state index >= 15 is 0 Å². The minimum absolute atomic E-state index is 0.135. The van der Waals surface area contributed by atoms with Crippen LogP contribution in [0.1, 0.15) is 30.5 Å². The van der Waals surface area contributed by atoms with Crippen molar-refractivity contribution in [3.8, 4) is 0 Å². The first-order valence-electron chi connectivity index (χ1n) is 8.42. The maximum absolute atomic E-state index is 13.3. The zero-order chi connectivity index (χ0) is 19.0. The average Bonchev–Trinajstić information content (AvgIpc) is 2.81. The number of halogens is 1. The van der Waals surface area contributed by atoms with Crippen molar-refractivity contribution in [1.29, 1.82) is 0 Å². The lowest BCUT2D eigenvalue weighted by atomic mass is 10.1. The fourth-order valence-electron chi connectivity index (χ4n) is 2.90. The molecule has 0 saturated carbocycles. The van der Waals surface area contributed by atoms with Gasteiger partial charge < -0.3 is 0 Å². The molecule has 2 aromatic carbocycles. The van der Waals surface area contributed by atoms with E-state index in [-0.39, 0.29) is 22.9 Å². The van der Waals surface area contributed by atoms with Crippen LogP contribution in [0.3, 0.4) is 0 Å². The quantitative estimate of drug-likeness (QED) is 0.722. The largest absolute Gasteiger partial charge is 0.272 e. The van der Waals surface area contributed by atoms with Gasteiger partial charge in [0.1, 0.15) is 5.82 Å². The van der Waals surface area contributed by atoms with Gasteiger partial charge >= 0.3 is 0 Å². The molecule has 0 saturated heterocycles. The number of carbonyl (C=O) groups is 2. The summed E-state index contributed by atoms with van der Waals surface area (Å²) in [5.74, 6) is -1.06. The molecule has 0 atom stereocenters. The van der Waals surface area contributed by atoms with Gasteiger partial charge in [-0.25, -0.2) is 9.29 Å². The molecule has 5 heteroatoms. The van der Waals surface area contributed by atoms with E-state index in [1.165, 1.54) is 28.8 Å². The van der Waals surface area contributed by atoms with Gasteiger partial charge in [-0.05, 0) is 48.7 Å². The highest BCUT2D eigenvalue weighted by Crippen LogP contribution is 2.40. The van der Waals surface area contributed by atoms with E-state index in [0.717, 1.165) is 11.1 Å². The number of anilines is 1. The van der Waals surface area contributed by atoms with Crippen LogP contribution >= 0.6 is 11.8 Å². The number of hydrogen-bond donors (Lipinski definition) is 0. The summed E-state index contributed by atoms with van der Waals surface area (Å²) in [4.78, 5) is 28.0. The fraction of sp³-hybridized carbons (Fsp3) is 0.238. The van der Waals surface area contributed by atoms with Crippen molar-refractivity contribution in [3.63, 3.8) is 0 Å². The molecule has 134 valence electrons. The van der Waals surface area contributed by atoms with Crippen LogP contribution in [-0.2, 0) is 9.59 Å². The van der Waals surface area contributed by atoms with Gasteiger partial charge in [0.05, 0.1) is 16.2 Å². The van der Waals surface area contributed by atoms with Gasteiger partial charge in [0.2, 0.25) is 0 Å². The Balaban J connectivity index is 2.14. The summed E-state index contributed by atoms with van der Waals surface area (Å²) in [6.45, 7) is 7.74. The number of thioether (sulfide) groups is 1. The van der Waals surface area contributed by atoms with Crippen LogP contribution in [-0.4, -0.2) is 17.1 Å². The van der Waals surface area contributed by atoms with Crippen LogP contribution < -0.4 is 4.90 Å². The smallest absolute Gasteiger partial charge is 0.268 e. The molecule has 0 N–H and O–H groups in total. The lowest BCUT2D eigenvalue weighted by Gasteiger charge is -2.18. The SMILES string of the molecule is Cc1ccc(C)c(N2C(=O)C(SC(C)C)=C(c3ccc(F)cc3)C2=O)c1. The van der Waals surface area contributed by atoms with Crippen LogP contribution in [0.25, 0.3) is 5.57 Å². The first kappa shape index (κ1) is 18.4. The van der Waals surface area contributed by atoms with Gasteiger partial charge in [-0.15, -0.1) is 11.8 Å². The van der Waals surface area contributed by atoms with Crippen molar-refractivity contribution in [2.45, 2.75) is 32.9 Å². The monoisotopic (exact) mass is 369 g/mol. The standard InChI is InChI=1S/C21H20FNO2S/c1-12(2)26-19-18(15-7-9-16(22)10-8-15)20(24)23(21(19)25)17-11-13(3)5-6-14(17)4/h5-12H,1-4H3. The summed E-state index contributed by atoms with van der Waals surface area (Å²) in [5.41, 5.74) is 3.32. The summed E-state index contributed by atoms with van der Waals surface area (Å²) in [5, 5.41) is 0.135. The lowest BCUT2D eigenvalue weighted by molar-refractivity contribution is -0.119. The second-order valence-corrected chi connectivity index (χ2v) is 8.20. The van der Waals surface area contributed by atoms with Crippen LogP contribution in [0.2, 0.25) is 0 Å². The van der Waals surface area contributed by atoms with Crippen molar-refractivity contribution in [2.75, 3.05) is 4.90 Å². The number of benzene rings is 2. The van der Waals surface area contributed by atoms with E-state index in [1.807, 2.05) is 45.9 Å². The Kier molecular flexibility index (Phi) is 5.01. The molecule has 0 bridgehead atoms. The Labute approximate surface area is 156 Å². The van der Waals surface area contributed by atoms with E-state index in [1.54, 1.807) is 12.1 Å². The van der Waals surface area contributed by atoms with Gasteiger partial charge in [-0.1, -0.05) is 38.1 Å². The summed E-state index contributed by atoms with van der Waals surface area (Å²) in [6, 6.07) is 11.4. The number of hydrogen-bond acceptors (Lipinski definition) is 3. The van der Waals surface area contributed by atoms with Crippen molar-refractivity contribution >= 4 is 34.8 Å². The molecule has 0 fully saturated rings. The number of carbonyl (C=O) groups excluding carboxylic acids is 2. The van der Waals surface area contributed by atoms with Crippen molar-refractivity contribution in [3.05, 3.63) is 69.9 Å². The number of amides is 2. The van der Waals surface area contributed by atoms with Gasteiger partial charge in [0, 0.05) is 5.25 Å². The van der Waals surface area contributed by atoms with Crippen LogP contribution in [0.5, 0.6) is 0 Å². The Morgan fingerprint density at radius 2 is 1.62 bits per heavy atom. The number of imide groups is 1. The predicted octanol–water partition coefficient (Wildman–Crippen LogP) is 4.87. The third-order valence-electron chi connectivity index (χ3n) is 4.13. The van der Waals surface area contributed by atoms with Crippen LogP contribution in [0.4, 0.5) is 10.1 Å². The van der Waals surface area contributed by atoms with Gasteiger partial charge in [-0.3, -0.25) is 9.59 Å². The van der Waals surface area contributed by atoms with Gasteiger partial charge in [0.25, 0.3) is 11.8 Å². The van der Waals surface area contributed by atoms with E-state index in [4.69, 9.17) is 0 Å². The van der Waals surface area contributed by atoms with Gasteiger partial charge in [-0.2, -0.15) is 0 Å². The highest BCUT2D eigenvalue weighted by Gasteiger charge is 2.41. The van der Waals surface area contributed by atoms with E-state index in [0.29, 0.717) is 21.7 Å². The van der Waals surface area contributed by atoms with Crippen molar-refractivity contribution < 1.29 is 14.0 Å². The molecule has 0 spiro atoms. The molecule has 26 heavy (non-hydrogen) atoms. The Bertz CT molecular complexity index is 916. The number of rotatable bonds is 4. The molecule has 0 unspecified atom stereocenters. The molecule has 0 aromatic heterocycles. The number of nitrogens with zero attached hydrogens (tertiary/aromatic N) is 1. The minimum Gasteiger partial charge on any atom is -0.268 e. The average molecular weight is 369 g/mol. The molecule has 3 nitrogen and oxygen atoms in total. The van der Waals surface area contributed by atoms with E-state index in [9.17, 15) is 14.0 Å². The minimum atomic E-state index is -0.379. The molecule has 0 radical (unpaired) electrons. The zero-order valence-corrected chi connectivity index (χ0v) is 16.0. The molecular formula is C21H20FNO2S. The van der Waals surface area contributed by atoms with Crippen LogP contribution in [0.15, 0.2) is 47.4 Å². The third-order valence-corrected chi connectivity index (χ3v) is 5.22. The highest BCUT2D eigenvalue weighted by molar-refractivity contribution is 8.04. The van der Waals surface area contributed by atoms with E-state index in [2.05, 4.69) is 0 Å². The van der Waals surface area contributed by atoms with E-state index < -0.39 is 0 Å². The highest BCUT2D eigenvalue weighted by atomic mass is 32.2. The Morgan fingerprint density at radius 3 is 2.23 bits per heavy atom. The third kappa shape index (κ3) is 3.31. The molecule has 1 aliphatic rings. The first-order valence-corrected chi connectivity index (χ1v) is 9.30. The Hall–Kier alpha value is -2.40. The molecule has 2 amide bonds. The van der Waals surface area contributed by atoms with Crippen LogP contribution in [0, 0.1) is 19.7 Å². The fourth-order valence-corrected chi connectivity index (χ4v) is 3.89. The normalized spacial score (nSPS) is 14.8. The molecular weight excluding hydrogens is 349 g/mol. The second-order valence-electron chi connectivity index (χ2n) is 6.61. The Morgan fingerprint density at radius 1 is 0.962 bits per heavy atom. The topological polar surface area (TPSA) is 37.4 Å². The summed E-state index contributed by atoms with van der Waals surface area (Å²) >= 11 is 1.36. The molecule has 2 aromatic rings. The van der Waals surface area contributed by atoms with Gasteiger partial charge in [0.15, 0.2) is 0 Å². The summed E-state index contributed by atoms with van der Waals surface area (Å²) < 4.78 is 13.3. The molecule has 0 aliphatic carbocycles. The summed E-state index contributed by atoms with van der Waals surface area (Å²) in [7, 11) is 0. The lowest BCUT2D eigenvalue weighted by Crippen LogP contribution is -2.32. The summed E-state index contributed by atoms with van der Waals surface area (Å²) in [6.07, 6.45) is 0. The van der Waals surface area contributed by atoms with Crippen molar-refractivity contribution in [1.82, 2.24) is 0 Å². The maximum atomic E-state index is 13.3. The predicted molar refractivity (Wildman–Crippen MR) is 104 cm³/mol.